The molecule has 0 bridgehead atoms. The smallest absolute Gasteiger partial charge is 0.235 e. The van der Waals surface area contributed by atoms with E-state index < -0.39 is 4.92 Å². The molecule has 0 aromatic heterocycles. The SMILES string of the molecule is CCOc1cc(/C=C/[N+](=O)[O-])c(Br)cc1OC. The fraction of sp³-hybridized carbons (Fsp3) is 0.273. The molecule has 17 heavy (non-hydrogen) atoms. The van der Waals surface area contributed by atoms with Crippen molar-refractivity contribution in [2.75, 3.05) is 13.7 Å². The Bertz CT molecular complexity index is 445. The molecule has 1 aromatic carbocycles. The summed E-state index contributed by atoms with van der Waals surface area (Å²) in [4.78, 5) is 9.75. The van der Waals surface area contributed by atoms with E-state index in [0.717, 1.165) is 6.20 Å². The fourth-order valence-electron chi connectivity index (χ4n) is 1.25. The van der Waals surface area contributed by atoms with Crippen LogP contribution < -0.4 is 9.47 Å². The maximum Gasteiger partial charge on any atom is 0.235 e. The molecule has 0 aliphatic carbocycles. The third-order valence-electron chi connectivity index (χ3n) is 1.96. The van der Waals surface area contributed by atoms with Crippen LogP contribution in [0.25, 0.3) is 6.08 Å². The molecule has 92 valence electrons. The van der Waals surface area contributed by atoms with E-state index in [1.807, 2.05) is 6.92 Å². The Labute approximate surface area is 107 Å². The molecule has 0 saturated heterocycles. The molecule has 0 amide bonds. The molecule has 0 N–H and O–H groups in total. The average Bonchev–Trinajstić information content (AvgIpc) is 2.29. The summed E-state index contributed by atoms with van der Waals surface area (Å²) >= 11 is 3.31. The van der Waals surface area contributed by atoms with Crippen LogP contribution in [0.3, 0.4) is 0 Å². The molecule has 1 rings (SSSR count). The molecule has 0 heterocycles. The minimum atomic E-state index is -0.517. The minimum Gasteiger partial charge on any atom is -0.493 e. The van der Waals surface area contributed by atoms with Crippen LogP contribution in [0.15, 0.2) is 22.8 Å². The van der Waals surface area contributed by atoms with E-state index in [1.165, 1.54) is 13.2 Å². The first-order valence-corrected chi connectivity index (χ1v) is 5.69. The van der Waals surface area contributed by atoms with Gasteiger partial charge in [-0.05, 0) is 24.6 Å². The molecule has 0 atom stereocenters. The maximum atomic E-state index is 10.3. The Balaban J connectivity index is 3.14. The van der Waals surface area contributed by atoms with Gasteiger partial charge in [0.2, 0.25) is 6.20 Å². The van der Waals surface area contributed by atoms with Gasteiger partial charge in [0.1, 0.15) is 0 Å². The number of halogens is 1. The molecule has 0 aliphatic heterocycles. The number of hydrogen-bond acceptors (Lipinski definition) is 4. The third-order valence-corrected chi connectivity index (χ3v) is 2.65. The normalized spacial score (nSPS) is 10.5. The zero-order valence-corrected chi connectivity index (χ0v) is 11.1. The zero-order chi connectivity index (χ0) is 12.8. The molecule has 0 radical (unpaired) electrons. The second-order valence-corrected chi connectivity index (χ2v) is 3.91. The quantitative estimate of drug-likeness (QED) is 0.619. The van der Waals surface area contributed by atoms with Gasteiger partial charge in [-0.3, -0.25) is 10.1 Å². The molecule has 5 nitrogen and oxygen atoms in total. The van der Waals surface area contributed by atoms with E-state index in [9.17, 15) is 10.1 Å². The number of hydrogen-bond donors (Lipinski definition) is 0. The van der Waals surface area contributed by atoms with Crippen LogP contribution in [0.5, 0.6) is 11.5 Å². The van der Waals surface area contributed by atoms with Crippen LogP contribution in [0, 0.1) is 10.1 Å². The average molecular weight is 302 g/mol. The number of rotatable bonds is 5. The van der Waals surface area contributed by atoms with Crippen LogP contribution >= 0.6 is 15.9 Å². The summed E-state index contributed by atoms with van der Waals surface area (Å²) in [6.07, 6.45) is 2.27. The highest BCUT2D eigenvalue weighted by molar-refractivity contribution is 9.10. The predicted molar refractivity (Wildman–Crippen MR) is 67.9 cm³/mol. The summed E-state index contributed by atoms with van der Waals surface area (Å²) in [6.45, 7) is 2.35. The maximum absolute atomic E-state index is 10.3. The highest BCUT2D eigenvalue weighted by atomic mass is 79.9. The lowest BCUT2D eigenvalue weighted by atomic mass is 10.2. The molecule has 0 saturated carbocycles. The number of nitro groups is 1. The van der Waals surface area contributed by atoms with Crippen molar-refractivity contribution in [3.8, 4) is 11.5 Å². The van der Waals surface area contributed by atoms with Crippen molar-refractivity contribution in [2.24, 2.45) is 0 Å². The lowest BCUT2D eigenvalue weighted by molar-refractivity contribution is -0.400. The summed E-state index contributed by atoms with van der Waals surface area (Å²) < 4.78 is 11.2. The van der Waals surface area contributed by atoms with Gasteiger partial charge in [-0.2, -0.15) is 0 Å². The lowest BCUT2D eigenvalue weighted by Gasteiger charge is -2.11. The molecule has 0 fully saturated rings. The third kappa shape index (κ3) is 3.74. The first-order valence-electron chi connectivity index (χ1n) is 4.90. The molecule has 6 heteroatoms. The van der Waals surface area contributed by atoms with Crippen LogP contribution in [0.4, 0.5) is 0 Å². The van der Waals surface area contributed by atoms with E-state index in [4.69, 9.17) is 9.47 Å². The van der Waals surface area contributed by atoms with Gasteiger partial charge in [0.05, 0.1) is 18.6 Å². The largest absolute Gasteiger partial charge is 0.493 e. The van der Waals surface area contributed by atoms with E-state index in [-0.39, 0.29) is 0 Å². The number of nitrogens with zero attached hydrogens (tertiary/aromatic N) is 1. The highest BCUT2D eigenvalue weighted by Crippen LogP contribution is 2.34. The number of ether oxygens (including phenoxy) is 2. The van der Waals surface area contributed by atoms with Gasteiger partial charge in [-0.25, -0.2) is 0 Å². The van der Waals surface area contributed by atoms with Gasteiger partial charge in [0.25, 0.3) is 0 Å². The molecule has 0 unspecified atom stereocenters. The number of benzene rings is 1. The summed E-state index contributed by atoms with van der Waals surface area (Å²) in [5.41, 5.74) is 0.658. The number of methoxy groups -OCH3 is 1. The van der Waals surface area contributed by atoms with Crippen molar-refractivity contribution in [2.45, 2.75) is 6.92 Å². The second kappa shape index (κ2) is 6.24. The van der Waals surface area contributed by atoms with Gasteiger partial charge in [-0.1, -0.05) is 15.9 Å². The predicted octanol–water partition coefficient (Wildman–Crippen LogP) is 3.10. The van der Waals surface area contributed by atoms with E-state index in [0.29, 0.717) is 28.1 Å². The molecule has 0 spiro atoms. The molecular formula is C11H12BrNO4. The summed E-state index contributed by atoms with van der Waals surface area (Å²) in [6, 6.07) is 3.40. The molecule has 0 aliphatic rings. The van der Waals surface area contributed by atoms with Gasteiger partial charge < -0.3 is 9.47 Å². The second-order valence-electron chi connectivity index (χ2n) is 3.06. The molecule has 1 aromatic rings. The van der Waals surface area contributed by atoms with Gasteiger partial charge >= 0.3 is 0 Å². The van der Waals surface area contributed by atoms with E-state index in [2.05, 4.69) is 15.9 Å². The Kier molecular flexibility index (Phi) is 4.96. The lowest BCUT2D eigenvalue weighted by Crippen LogP contribution is -1.96. The first kappa shape index (κ1) is 13.5. The summed E-state index contributed by atoms with van der Waals surface area (Å²) in [5, 5.41) is 10.3. The van der Waals surface area contributed by atoms with Crippen LogP contribution in [0.1, 0.15) is 12.5 Å². The van der Waals surface area contributed by atoms with Crippen molar-refractivity contribution in [1.82, 2.24) is 0 Å². The van der Waals surface area contributed by atoms with E-state index >= 15 is 0 Å². The van der Waals surface area contributed by atoms with Crippen LogP contribution in [-0.2, 0) is 0 Å². The van der Waals surface area contributed by atoms with Crippen molar-refractivity contribution in [3.63, 3.8) is 0 Å². The Morgan fingerprint density at radius 2 is 2.18 bits per heavy atom. The Morgan fingerprint density at radius 3 is 2.71 bits per heavy atom. The van der Waals surface area contributed by atoms with E-state index in [1.54, 1.807) is 12.1 Å². The van der Waals surface area contributed by atoms with Gasteiger partial charge in [-0.15, -0.1) is 0 Å². The van der Waals surface area contributed by atoms with Crippen LogP contribution in [-0.4, -0.2) is 18.6 Å². The standard InChI is InChI=1S/C11H12BrNO4/c1-3-17-11-6-8(4-5-13(14)15)9(12)7-10(11)16-2/h4-7H,3H2,1-2H3/b5-4+. The fourth-order valence-corrected chi connectivity index (χ4v) is 1.70. The van der Waals surface area contributed by atoms with Crippen molar-refractivity contribution in [3.05, 3.63) is 38.5 Å². The Morgan fingerprint density at radius 1 is 1.47 bits per heavy atom. The summed E-state index contributed by atoms with van der Waals surface area (Å²) in [7, 11) is 1.54. The van der Waals surface area contributed by atoms with Gasteiger partial charge in [0.15, 0.2) is 11.5 Å². The molecular weight excluding hydrogens is 290 g/mol. The van der Waals surface area contributed by atoms with Crippen LogP contribution in [0.2, 0.25) is 0 Å². The minimum absolute atomic E-state index is 0.496. The van der Waals surface area contributed by atoms with Crippen molar-refractivity contribution < 1.29 is 14.4 Å². The highest BCUT2D eigenvalue weighted by Gasteiger charge is 2.08. The topological polar surface area (TPSA) is 61.6 Å². The van der Waals surface area contributed by atoms with Crippen molar-refractivity contribution >= 4 is 22.0 Å². The first-order chi connectivity index (χ1) is 8.08. The Hall–Kier alpha value is -1.56. The summed E-state index contributed by atoms with van der Waals surface area (Å²) in [5.74, 6) is 1.14. The van der Waals surface area contributed by atoms with Gasteiger partial charge in [0, 0.05) is 10.5 Å². The zero-order valence-electron chi connectivity index (χ0n) is 9.47. The monoisotopic (exact) mass is 301 g/mol. The van der Waals surface area contributed by atoms with Crippen molar-refractivity contribution in [1.29, 1.82) is 0 Å².